The SMILES string of the molecule is CO/C1=C/C(C)=C/[C@@H](C)[C@@H](O)[C@@H](C)C/C(C)=C/C=C/[C@H](OC)[C@@H]([C@@H](C)[C@@H](O)[C@H](C)[C@@]2(OC)C[C@@H](OC)[C@H](C)[C@@H](C(C)C)O2)OC1=O. The molecule has 12 atom stereocenters. The minimum Gasteiger partial charge on any atom is -0.490 e. The molecule has 264 valence electrons. The zero-order valence-corrected chi connectivity index (χ0v) is 30.5. The summed E-state index contributed by atoms with van der Waals surface area (Å²) in [4.78, 5) is 13.6. The van der Waals surface area contributed by atoms with Crippen LogP contribution in [0.1, 0.15) is 75.2 Å². The van der Waals surface area contributed by atoms with E-state index in [4.69, 9.17) is 28.4 Å². The summed E-state index contributed by atoms with van der Waals surface area (Å²) >= 11 is 0. The van der Waals surface area contributed by atoms with E-state index in [2.05, 4.69) is 20.8 Å². The van der Waals surface area contributed by atoms with E-state index in [9.17, 15) is 15.0 Å². The highest BCUT2D eigenvalue weighted by atomic mass is 16.7. The van der Waals surface area contributed by atoms with Crippen molar-refractivity contribution in [3.05, 3.63) is 47.3 Å². The van der Waals surface area contributed by atoms with Crippen molar-refractivity contribution in [1.29, 1.82) is 0 Å². The molecule has 0 amide bonds. The van der Waals surface area contributed by atoms with Crippen molar-refractivity contribution in [1.82, 2.24) is 0 Å². The van der Waals surface area contributed by atoms with Crippen LogP contribution in [0.3, 0.4) is 0 Å². The van der Waals surface area contributed by atoms with Crippen LogP contribution >= 0.6 is 0 Å². The van der Waals surface area contributed by atoms with Gasteiger partial charge in [-0.05, 0) is 38.2 Å². The van der Waals surface area contributed by atoms with E-state index in [1.807, 2.05) is 65.8 Å². The smallest absolute Gasteiger partial charge is 0.373 e. The first-order valence-electron chi connectivity index (χ1n) is 16.7. The second kappa shape index (κ2) is 17.9. The molecule has 0 unspecified atom stereocenters. The molecule has 0 radical (unpaired) electrons. The highest BCUT2D eigenvalue weighted by Gasteiger charge is 2.53. The number of hydrogen-bond donors (Lipinski definition) is 2. The van der Waals surface area contributed by atoms with Gasteiger partial charge in [0.25, 0.3) is 0 Å². The molecule has 0 saturated carbocycles. The third-order valence-corrected chi connectivity index (χ3v) is 10.1. The molecular formula is C37H62O9. The van der Waals surface area contributed by atoms with Gasteiger partial charge in [0.15, 0.2) is 5.79 Å². The standard InChI is InChI=1S/C37H62O9/c1-21(2)34-26(7)31(43-12)20-37(44-13,46-34)28(9)33(39)27(8)35-29(41-10)16-14-15-22(3)17-24(5)32(38)25(6)18-23(4)19-30(42-11)36(40)45-35/h14-16,18-19,21,24-29,31-35,38-39H,17,20H2,1-13H3/b16-14+,22-15+,23-18+,30-19+/t24-,25+,26-,27-,28-,29-,31+,32-,33+,34+,35+,37+/m0/s1. The lowest BCUT2D eigenvalue weighted by atomic mass is 9.76. The lowest BCUT2D eigenvalue weighted by Gasteiger charge is -2.52. The minimum atomic E-state index is -1.13. The Morgan fingerprint density at radius 2 is 1.65 bits per heavy atom. The average Bonchev–Trinajstić information content (AvgIpc) is 3.02. The van der Waals surface area contributed by atoms with Gasteiger partial charge in [-0.15, -0.1) is 0 Å². The molecule has 0 aromatic rings. The fourth-order valence-electron chi connectivity index (χ4n) is 7.12. The summed E-state index contributed by atoms with van der Waals surface area (Å²) in [7, 11) is 6.25. The molecule has 2 aliphatic rings. The van der Waals surface area contributed by atoms with E-state index < -0.39 is 48.0 Å². The summed E-state index contributed by atoms with van der Waals surface area (Å²) in [6.45, 7) is 17.9. The fraction of sp³-hybridized carbons (Fsp3) is 0.757. The minimum absolute atomic E-state index is 0.00516. The Bertz CT molecular complexity index is 1090. The van der Waals surface area contributed by atoms with E-state index in [0.717, 1.165) is 11.1 Å². The molecule has 2 aliphatic heterocycles. The van der Waals surface area contributed by atoms with Crippen LogP contribution in [0.4, 0.5) is 0 Å². The molecule has 2 rings (SSSR count). The van der Waals surface area contributed by atoms with Gasteiger partial charge in [-0.25, -0.2) is 4.79 Å². The van der Waals surface area contributed by atoms with E-state index in [1.165, 1.54) is 7.11 Å². The molecule has 0 aliphatic carbocycles. The van der Waals surface area contributed by atoms with Gasteiger partial charge in [-0.1, -0.05) is 83.9 Å². The van der Waals surface area contributed by atoms with E-state index in [1.54, 1.807) is 27.4 Å². The van der Waals surface area contributed by atoms with Crippen LogP contribution in [0.15, 0.2) is 47.3 Å². The maximum atomic E-state index is 13.6. The van der Waals surface area contributed by atoms with Crippen molar-refractivity contribution in [3.63, 3.8) is 0 Å². The second-order valence-electron chi connectivity index (χ2n) is 13.9. The van der Waals surface area contributed by atoms with Crippen LogP contribution in [-0.4, -0.2) is 87.0 Å². The normalized spacial score (nSPS) is 39.9. The van der Waals surface area contributed by atoms with E-state index in [0.29, 0.717) is 12.8 Å². The van der Waals surface area contributed by atoms with Gasteiger partial charge in [-0.2, -0.15) is 0 Å². The molecule has 46 heavy (non-hydrogen) atoms. The predicted molar refractivity (Wildman–Crippen MR) is 180 cm³/mol. The summed E-state index contributed by atoms with van der Waals surface area (Å²) in [6.07, 6.45) is 6.89. The topological polar surface area (TPSA) is 113 Å². The lowest BCUT2D eigenvalue weighted by Crippen LogP contribution is -2.60. The quantitative estimate of drug-likeness (QED) is 0.290. The predicted octanol–water partition coefficient (Wildman–Crippen LogP) is 6.00. The van der Waals surface area contributed by atoms with E-state index in [-0.39, 0.29) is 41.6 Å². The first-order chi connectivity index (χ1) is 21.6. The molecule has 0 bridgehead atoms. The monoisotopic (exact) mass is 650 g/mol. The van der Waals surface area contributed by atoms with Crippen LogP contribution in [0, 0.1) is 35.5 Å². The Balaban J connectivity index is 2.57. The summed E-state index contributed by atoms with van der Waals surface area (Å²) in [5.41, 5.74) is 1.85. The largest absolute Gasteiger partial charge is 0.490 e. The summed E-state index contributed by atoms with van der Waals surface area (Å²) in [6, 6.07) is 0. The van der Waals surface area contributed by atoms with Crippen LogP contribution in [0.2, 0.25) is 0 Å². The van der Waals surface area contributed by atoms with Crippen molar-refractivity contribution in [2.75, 3.05) is 28.4 Å². The number of methoxy groups -OCH3 is 4. The van der Waals surface area contributed by atoms with Crippen LogP contribution < -0.4 is 0 Å². The number of aliphatic hydroxyl groups excluding tert-OH is 2. The third kappa shape index (κ3) is 9.77. The van der Waals surface area contributed by atoms with E-state index >= 15 is 0 Å². The number of cyclic esters (lactones) is 1. The number of rotatable bonds is 9. The lowest BCUT2D eigenvalue weighted by molar-refractivity contribution is -0.340. The number of ether oxygens (including phenoxy) is 6. The Labute approximate surface area is 278 Å². The molecule has 2 N–H and O–H groups in total. The Hall–Kier alpha value is -2.01. The molecule has 9 heteroatoms. The number of carbonyl (C=O) groups excluding carboxylic acids is 1. The zero-order valence-electron chi connectivity index (χ0n) is 30.5. The summed E-state index contributed by atoms with van der Waals surface area (Å²) in [5, 5.41) is 23.0. The molecule has 9 nitrogen and oxygen atoms in total. The first-order valence-corrected chi connectivity index (χ1v) is 16.7. The van der Waals surface area contributed by atoms with Crippen molar-refractivity contribution in [2.24, 2.45) is 35.5 Å². The van der Waals surface area contributed by atoms with Gasteiger partial charge in [0.1, 0.15) is 12.2 Å². The number of hydrogen-bond acceptors (Lipinski definition) is 9. The number of esters is 1. The molecule has 2 heterocycles. The first kappa shape index (κ1) is 40.2. The van der Waals surface area contributed by atoms with Crippen molar-refractivity contribution < 1.29 is 43.4 Å². The van der Waals surface area contributed by atoms with Gasteiger partial charge in [0, 0.05) is 51.4 Å². The molecule has 0 spiro atoms. The maximum absolute atomic E-state index is 13.6. The highest BCUT2D eigenvalue weighted by Crippen LogP contribution is 2.44. The molecule has 1 fully saturated rings. The van der Waals surface area contributed by atoms with Gasteiger partial charge >= 0.3 is 5.97 Å². The molecule has 1 saturated heterocycles. The Kier molecular flexibility index (Phi) is 15.7. The number of aliphatic hydroxyl groups is 2. The summed E-state index contributed by atoms with van der Waals surface area (Å²) < 4.78 is 36.2. The molecular weight excluding hydrogens is 588 g/mol. The maximum Gasteiger partial charge on any atom is 0.373 e. The zero-order chi connectivity index (χ0) is 34.9. The van der Waals surface area contributed by atoms with Crippen LogP contribution in [-0.2, 0) is 33.2 Å². The Morgan fingerprint density at radius 3 is 2.20 bits per heavy atom. The van der Waals surface area contributed by atoms with Gasteiger partial charge in [0.05, 0.1) is 31.5 Å². The highest BCUT2D eigenvalue weighted by molar-refractivity contribution is 5.87. The number of carbonyl (C=O) groups is 1. The number of allylic oxidation sites excluding steroid dienone is 5. The molecule has 0 aromatic carbocycles. The Morgan fingerprint density at radius 1 is 1.00 bits per heavy atom. The van der Waals surface area contributed by atoms with Crippen molar-refractivity contribution in [3.8, 4) is 0 Å². The van der Waals surface area contributed by atoms with Crippen molar-refractivity contribution >= 4 is 5.97 Å². The van der Waals surface area contributed by atoms with Crippen LogP contribution in [0.5, 0.6) is 0 Å². The summed E-state index contributed by atoms with van der Waals surface area (Å²) in [5.74, 6) is -2.76. The third-order valence-electron chi connectivity index (χ3n) is 10.1. The van der Waals surface area contributed by atoms with Gasteiger partial charge in [0.2, 0.25) is 5.76 Å². The van der Waals surface area contributed by atoms with Crippen molar-refractivity contribution in [2.45, 2.75) is 118 Å². The average molecular weight is 651 g/mol. The van der Waals surface area contributed by atoms with Gasteiger partial charge < -0.3 is 38.6 Å². The second-order valence-corrected chi connectivity index (χ2v) is 13.9. The molecule has 0 aromatic heterocycles. The van der Waals surface area contributed by atoms with Gasteiger partial charge in [-0.3, -0.25) is 0 Å². The van der Waals surface area contributed by atoms with Crippen LogP contribution in [0.25, 0.3) is 0 Å². The fourth-order valence-corrected chi connectivity index (χ4v) is 7.12.